The van der Waals surface area contributed by atoms with Crippen molar-refractivity contribution in [2.45, 2.75) is 32.2 Å². The molecule has 0 bridgehead atoms. The van der Waals surface area contributed by atoms with Gasteiger partial charge in [-0.15, -0.1) is 0 Å². The molecule has 4 nitrogen and oxygen atoms in total. The van der Waals surface area contributed by atoms with Crippen molar-refractivity contribution < 1.29 is 4.79 Å². The first-order valence-corrected chi connectivity index (χ1v) is 5.56. The third kappa shape index (κ3) is 1.50. The van der Waals surface area contributed by atoms with E-state index >= 15 is 0 Å². The van der Waals surface area contributed by atoms with Crippen LogP contribution in [0.4, 0.5) is 0 Å². The highest BCUT2D eigenvalue weighted by atomic mass is 16.1. The van der Waals surface area contributed by atoms with Crippen molar-refractivity contribution in [2.24, 2.45) is 0 Å². The number of rotatable bonds is 3. The maximum absolute atomic E-state index is 11.2. The Morgan fingerprint density at radius 1 is 1.56 bits per heavy atom. The molecule has 0 radical (unpaired) electrons. The number of nitrogens with zero attached hydrogens (tertiary/aromatic N) is 3. The van der Waals surface area contributed by atoms with Gasteiger partial charge in [-0.3, -0.25) is 9.78 Å². The topological polar surface area (TPSA) is 47.8 Å². The van der Waals surface area contributed by atoms with Gasteiger partial charge in [0.15, 0.2) is 0 Å². The van der Waals surface area contributed by atoms with Crippen molar-refractivity contribution in [1.82, 2.24) is 14.5 Å². The number of pyridine rings is 1. The summed E-state index contributed by atoms with van der Waals surface area (Å²) >= 11 is 0. The first-order valence-electron chi connectivity index (χ1n) is 5.56. The molecule has 1 aliphatic rings. The quantitative estimate of drug-likeness (QED) is 0.785. The summed E-state index contributed by atoms with van der Waals surface area (Å²) in [7, 11) is 0. The normalized spacial score (nSPS) is 15.6. The molecular formula is C12H13N3O. The summed E-state index contributed by atoms with van der Waals surface area (Å²) < 4.78 is 2.18. The Bertz CT molecular complexity index is 554. The van der Waals surface area contributed by atoms with Crippen LogP contribution in [0.2, 0.25) is 0 Å². The van der Waals surface area contributed by atoms with E-state index < -0.39 is 0 Å². The Labute approximate surface area is 93.3 Å². The van der Waals surface area contributed by atoms with Gasteiger partial charge in [-0.1, -0.05) is 0 Å². The van der Waals surface area contributed by atoms with E-state index in [0.717, 1.165) is 16.9 Å². The zero-order chi connectivity index (χ0) is 11.1. The summed E-state index contributed by atoms with van der Waals surface area (Å²) in [5, 5.41) is 0. The zero-order valence-corrected chi connectivity index (χ0v) is 9.18. The Morgan fingerprint density at radius 2 is 2.38 bits per heavy atom. The molecule has 0 spiro atoms. The summed E-state index contributed by atoms with van der Waals surface area (Å²) in [5.74, 6) is 1.04. The number of Topliss-reactive ketones (excluding diaryl/α,β-unsaturated/α-hetero) is 1. The van der Waals surface area contributed by atoms with Gasteiger partial charge in [0, 0.05) is 12.2 Å². The van der Waals surface area contributed by atoms with Crippen molar-refractivity contribution >= 4 is 16.8 Å². The van der Waals surface area contributed by atoms with Gasteiger partial charge in [-0.25, -0.2) is 4.98 Å². The number of carbonyl (C=O) groups excluding carboxylic acids is 1. The van der Waals surface area contributed by atoms with E-state index in [4.69, 9.17) is 0 Å². The van der Waals surface area contributed by atoms with Gasteiger partial charge in [0.2, 0.25) is 0 Å². The van der Waals surface area contributed by atoms with Gasteiger partial charge in [0.05, 0.1) is 23.7 Å². The zero-order valence-electron chi connectivity index (χ0n) is 9.18. The summed E-state index contributed by atoms with van der Waals surface area (Å²) in [4.78, 5) is 19.9. The minimum Gasteiger partial charge on any atom is -0.323 e. The van der Waals surface area contributed by atoms with Gasteiger partial charge in [0.1, 0.15) is 11.6 Å². The van der Waals surface area contributed by atoms with Crippen molar-refractivity contribution in [1.29, 1.82) is 0 Å². The summed E-state index contributed by atoms with van der Waals surface area (Å²) in [5.41, 5.74) is 2.00. The molecule has 0 saturated heterocycles. The molecular weight excluding hydrogens is 202 g/mol. The molecule has 0 N–H and O–H groups in total. The fourth-order valence-corrected chi connectivity index (χ4v) is 2.08. The molecule has 82 valence electrons. The van der Waals surface area contributed by atoms with Crippen molar-refractivity contribution in [2.75, 3.05) is 0 Å². The number of fused-ring (bicyclic) bond motifs is 1. The molecule has 0 aromatic carbocycles. The lowest BCUT2D eigenvalue weighted by Crippen LogP contribution is -2.06. The molecule has 0 aliphatic heterocycles. The molecule has 1 aliphatic carbocycles. The Morgan fingerprint density at radius 3 is 3.06 bits per heavy atom. The lowest BCUT2D eigenvalue weighted by Gasteiger charge is -2.05. The van der Waals surface area contributed by atoms with Crippen molar-refractivity contribution in [3.8, 4) is 0 Å². The fraction of sp³-hybridized carbons (Fsp3) is 0.417. The van der Waals surface area contributed by atoms with Crippen molar-refractivity contribution in [3.05, 3.63) is 24.3 Å². The monoisotopic (exact) mass is 215 g/mol. The van der Waals surface area contributed by atoms with E-state index in [2.05, 4.69) is 14.5 Å². The van der Waals surface area contributed by atoms with E-state index in [1.807, 2.05) is 12.3 Å². The second kappa shape index (κ2) is 3.40. The largest absolute Gasteiger partial charge is 0.323 e. The van der Waals surface area contributed by atoms with Gasteiger partial charge in [-0.05, 0) is 25.8 Å². The van der Waals surface area contributed by atoms with Crippen LogP contribution in [0.15, 0.2) is 18.5 Å². The number of hydrogen-bond donors (Lipinski definition) is 0. The average molecular weight is 215 g/mol. The van der Waals surface area contributed by atoms with Crippen LogP contribution in [0.1, 0.15) is 31.6 Å². The molecule has 0 unspecified atom stereocenters. The van der Waals surface area contributed by atoms with E-state index in [0.29, 0.717) is 12.5 Å². The second-order valence-electron chi connectivity index (χ2n) is 4.37. The highest BCUT2D eigenvalue weighted by Crippen LogP contribution is 2.38. The van der Waals surface area contributed by atoms with Crippen LogP contribution in [-0.4, -0.2) is 20.3 Å². The molecule has 0 atom stereocenters. The van der Waals surface area contributed by atoms with Crippen LogP contribution in [0, 0.1) is 0 Å². The summed E-state index contributed by atoms with van der Waals surface area (Å²) in [6, 6.07) is 2.43. The van der Waals surface area contributed by atoms with Crippen molar-refractivity contribution in [3.63, 3.8) is 0 Å². The molecule has 1 saturated carbocycles. The maximum Gasteiger partial charge on any atom is 0.137 e. The van der Waals surface area contributed by atoms with E-state index in [9.17, 15) is 4.79 Å². The van der Waals surface area contributed by atoms with Gasteiger partial charge < -0.3 is 4.57 Å². The lowest BCUT2D eigenvalue weighted by molar-refractivity contribution is -0.116. The SMILES string of the molecule is CC(=O)Cc1nc2ccncc2n1C1CC1. The lowest BCUT2D eigenvalue weighted by atomic mass is 10.3. The fourth-order valence-electron chi connectivity index (χ4n) is 2.08. The highest BCUT2D eigenvalue weighted by Gasteiger charge is 2.28. The number of ketones is 1. The minimum atomic E-state index is 0.158. The van der Waals surface area contributed by atoms with Crippen LogP contribution in [-0.2, 0) is 11.2 Å². The van der Waals surface area contributed by atoms with Crippen LogP contribution >= 0.6 is 0 Å². The Balaban J connectivity index is 2.18. The van der Waals surface area contributed by atoms with E-state index in [1.165, 1.54) is 12.8 Å². The predicted octanol–water partition coefficient (Wildman–Crippen LogP) is 1.90. The van der Waals surface area contributed by atoms with Crippen LogP contribution < -0.4 is 0 Å². The van der Waals surface area contributed by atoms with Crippen LogP contribution in [0.25, 0.3) is 11.0 Å². The third-order valence-electron chi connectivity index (χ3n) is 2.88. The van der Waals surface area contributed by atoms with Gasteiger partial charge >= 0.3 is 0 Å². The summed E-state index contributed by atoms with van der Waals surface area (Å²) in [6.07, 6.45) is 6.37. The molecule has 4 heteroatoms. The van der Waals surface area contributed by atoms with E-state index in [1.54, 1.807) is 13.1 Å². The minimum absolute atomic E-state index is 0.158. The highest BCUT2D eigenvalue weighted by molar-refractivity contribution is 5.80. The number of aromatic nitrogens is 3. The average Bonchev–Trinajstić information content (AvgIpc) is 3.00. The van der Waals surface area contributed by atoms with Crippen LogP contribution in [0.5, 0.6) is 0 Å². The molecule has 2 aromatic heterocycles. The molecule has 3 rings (SSSR count). The standard InChI is InChI=1S/C12H13N3O/c1-8(16)6-12-14-10-4-5-13-7-11(10)15(12)9-2-3-9/h4-5,7,9H,2-3,6H2,1H3. The first-order chi connectivity index (χ1) is 7.75. The van der Waals surface area contributed by atoms with Crippen LogP contribution in [0.3, 0.4) is 0 Å². The van der Waals surface area contributed by atoms with Gasteiger partial charge in [-0.2, -0.15) is 0 Å². The molecule has 0 amide bonds. The molecule has 1 fully saturated rings. The Hall–Kier alpha value is -1.71. The Kier molecular flexibility index (Phi) is 2.02. The predicted molar refractivity (Wildman–Crippen MR) is 60.2 cm³/mol. The molecule has 2 heterocycles. The van der Waals surface area contributed by atoms with Gasteiger partial charge in [0.25, 0.3) is 0 Å². The second-order valence-corrected chi connectivity index (χ2v) is 4.37. The summed E-state index contributed by atoms with van der Waals surface area (Å²) in [6.45, 7) is 1.61. The smallest absolute Gasteiger partial charge is 0.137 e. The molecule has 16 heavy (non-hydrogen) atoms. The number of carbonyl (C=O) groups is 1. The first kappa shape index (κ1) is 9.51. The number of hydrogen-bond acceptors (Lipinski definition) is 3. The third-order valence-corrected chi connectivity index (χ3v) is 2.88. The maximum atomic E-state index is 11.2. The van der Waals surface area contributed by atoms with E-state index in [-0.39, 0.29) is 5.78 Å². The number of imidazole rings is 1. The molecule has 2 aromatic rings.